The Morgan fingerprint density at radius 1 is 1.83 bits per heavy atom. The maximum absolute atomic E-state index is 10.3. The van der Waals surface area contributed by atoms with Crippen molar-refractivity contribution in [2.75, 3.05) is 13.1 Å². The molecule has 0 spiro atoms. The number of nitrogens with one attached hydrogen (secondary N) is 2. The molecule has 1 aliphatic rings. The lowest BCUT2D eigenvalue weighted by Crippen LogP contribution is -2.31. The van der Waals surface area contributed by atoms with Gasteiger partial charge in [-0.1, -0.05) is 0 Å². The van der Waals surface area contributed by atoms with E-state index < -0.39 is 5.97 Å². The first-order chi connectivity index (χ1) is 5.70. The summed E-state index contributed by atoms with van der Waals surface area (Å²) in [5, 5.41) is 14.9. The summed E-state index contributed by atoms with van der Waals surface area (Å²) in [6, 6.07) is 0. The van der Waals surface area contributed by atoms with Gasteiger partial charge in [0.1, 0.15) is 5.71 Å². The lowest BCUT2D eigenvalue weighted by Gasteiger charge is -1.99. The largest absolute Gasteiger partial charge is 0.477 e. The van der Waals surface area contributed by atoms with E-state index in [9.17, 15) is 4.79 Å². The van der Waals surface area contributed by atoms with Gasteiger partial charge in [0.2, 0.25) is 5.96 Å². The molecule has 0 aromatic carbocycles. The van der Waals surface area contributed by atoms with Crippen LogP contribution in [0.3, 0.4) is 0 Å². The molecule has 0 aromatic rings. The van der Waals surface area contributed by atoms with Gasteiger partial charge >= 0.3 is 5.97 Å². The lowest BCUT2D eigenvalue weighted by molar-refractivity contribution is -0.129. The summed E-state index contributed by atoms with van der Waals surface area (Å²) in [4.78, 5) is 14.2. The Morgan fingerprint density at radius 3 is 3.08 bits per heavy atom. The number of hydrazone groups is 1. The van der Waals surface area contributed by atoms with Crippen molar-refractivity contribution in [2.45, 2.75) is 6.92 Å². The van der Waals surface area contributed by atoms with Crippen molar-refractivity contribution in [1.29, 1.82) is 0 Å². The summed E-state index contributed by atoms with van der Waals surface area (Å²) in [7, 11) is 0. The number of guanidine groups is 1. The molecule has 12 heavy (non-hydrogen) atoms. The second-order valence-electron chi connectivity index (χ2n) is 2.27. The first-order valence-electron chi connectivity index (χ1n) is 3.52. The molecule has 1 aliphatic heterocycles. The molecule has 0 aromatic heterocycles. The van der Waals surface area contributed by atoms with Gasteiger partial charge in [0, 0.05) is 6.54 Å². The van der Waals surface area contributed by atoms with Crippen molar-refractivity contribution in [3.05, 3.63) is 0 Å². The summed E-state index contributed by atoms with van der Waals surface area (Å²) in [5.74, 6) is -0.517. The average Bonchev–Trinajstić information content (AvgIpc) is 2.51. The fourth-order valence-electron chi connectivity index (χ4n) is 0.657. The van der Waals surface area contributed by atoms with Crippen LogP contribution < -0.4 is 10.7 Å². The van der Waals surface area contributed by atoms with Gasteiger partial charge in [-0.05, 0) is 6.92 Å². The van der Waals surface area contributed by atoms with Crippen molar-refractivity contribution < 1.29 is 9.90 Å². The Bertz CT molecular complexity index is 246. The molecule has 0 unspecified atom stereocenters. The van der Waals surface area contributed by atoms with E-state index in [0.717, 1.165) is 6.54 Å². The predicted molar refractivity (Wildman–Crippen MR) is 44.2 cm³/mol. The Kier molecular flexibility index (Phi) is 2.62. The molecule has 6 nitrogen and oxygen atoms in total. The topological polar surface area (TPSA) is 86.1 Å². The van der Waals surface area contributed by atoms with Crippen LogP contribution in [0.5, 0.6) is 0 Å². The molecule has 0 saturated heterocycles. The quantitative estimate of drug-likeness (QED) is 0.366. The van der Waals surface area contributed by atoms with Gasteiger partial charge in [-0.3, -0.25) is 0 Å². The highest BCUT2D eigenvalue weighted by Gasteiger charge is 2.04. The Labute approximate surface area is 69.4 Å². The van der Waals surface area contributed by atoms with Crippen molar-refractivity contribution >= 4 is 17.6 Å². The number of hydrogen-bond acceptors (Lipinski definition) is 5. The van der Waals surface area contributed by atoms with Crippen LogP contribution in [0.4, 0.5) is 0 Å². The smallest absolute Gasteiger partial charge is 0.351 e. The first-order valence-corrected chi connectivity index (χ1v) is 3.52. The Balaban J connectivity index is 2.42. The molecule has 0 atom stereocenters. The molecular formula is C6H10N4O2. The highest BCUT2D eigenvalue weighted by Crippen LogP contribution is 1.81. The second kappa shape index (κ2) is 3.70. The number of hydrogen-bond donors (Lipinski definition) is 3. The van der Waals surface area contributed by atoms with Crippen LogP contribution in [0.25, 0.3) is 0 Å². The van der Waals surface area contributed by atoms with Crippen LogP contribution in [0.15, 0.2) is 10.1 Å². The minimum atomic E-state index is -1.04. The molecule has 0 amide bonds. The van der Waals surface area contributed by atoms with Crippen LogP contribution in [0.1, 0.15) is 6.92 Å². The zero-order valence-electron chi connectivity index (χ0n) is 6.66. The minimum absolute atomic E-state index is 0.00593. The standard InChI is InChI=1S/C6H10N4O2/c1-4(5(11)12)9-10-6-7-2-3-8-6/h2-3H2,1H3,(H,11,12)(H2,7,8,10). The predicted octanol–water partition coefficient (Wildman–Crippen LogP) is -1.00. The van der Waals surface area contributed by atoms with E-state index in [1.165, 1.54) is 6.92 Å². The van der Waals surface area contributed by atoms with E-state index in [2.05, 4.69) is 20.8 Å². The van der Waals surface area contributed by atoms with Crippen molar-refractivity contribution in [1.82, 2.24) is 10.7 Å². The molecule has 0 saturated carbocycles. The van der Waals surface area contributed by atoms with E-state index in [0.29, 0.717) is 12.5 Å². The number of carbonyl (C=O) groups is 1. The summed E-state index contributed by atoms with van der Waals surface area (Å²) in [5.41, 5.74) is 2.51. The van der Waals surface area contributed by atoms with E-state index in [-0.39, 0.29) is 5.71 Å². The SMILES string of the molecule is CC(=NNC1=NCCN1)C(=O)O. The molecule has 3 N–H and O–H groups in total. The summed E-state index contributed by atoms with van der Waals surface area (Å²) >= 11 is 0. The van der Waals surface area contributed by atoms with E-state index >= 15 is 0 Å². The number of rotatable bonds is 2. The van der Waals surface area contributed by atoms with Crippen LogP contribution in [-0.4, -0.2) is 35.8 Å². The molecule has 0 aliphatic carbocycles. The molecule has 66 valence electrons. The Morgan fingerprint density at radius 2 is 2.58 bits per heavy atom. The van der Waals surface area contributed by atoms with E-state index in [1.54, 1.807) is 0 Å². The molecule has 1 heterocycles. The summed E-state index contributed by atoms with van der Waals surface area (Å²) in [6.45, 7) is 2.87. The third-order valence-corrected chi connectivity index (χ3v) is 1.31. The van der Waals surface area contributed by atoms with E-state index in [1.807, 2.05) is 0 Å². The van der Waals surface area contributed by atoms with Crippen LogP contribution >= 0.6 is 0 Å². The normalized spacial score (nSPS) is 16.8. The molecule has 0 fully saturated rings. The molecule has 6 heteroatoms. The number of aliphatic imine (C=N–C) groups is 1. The van der Waals surface area contributed by atoms with Crippen LogP contribution in [0, 0.1) is 0 Å². The number of carboxylic acids is 1. The van der Waals surface area contributed by atoms with E-state index in [4.69, 9.17) is 5.11 Å². The third-order valence-electron chi connectivity index (χ3n) is 1.31. The van der Waals surface area contributed by atoms with Crippen molar-refractivity contribution in [3.8, 4) is 0 Å². The van der Waals surface area contributed by atoms with Gasteiger partial charge in [0.05, 0.1) is 6.54 Å². The third kappa shape index (κ3) is 2.22. The summed E-state index contributed by atoms with van der Waals surface area (Å²) in [6.07, 6.45) is 0. The molecule has 0 bridgehead atoms. The highest BCUT2D eigenvalue weighted by atomic mass is 16.4. The van der Waals surface area contributed by atoms with Gasteiger partial charge in [0.25, 0.3) is 0 Å². The molecule has 0 radical (unpaired) electrons. The molecular weight excluding hydrogens is 160 g/mol. The van der Waals surface area contributed by atoms with Crippen LogP contribution in [0.2, 0.25) is 0 Å². The number of aliphatic carboxylic acids is 1. The fourth-order valence-corrected chi connectivity index (χ4v) is 0.657. The van der Waals surface area contributed by atoms with Gasteiger partial charge in [-0.15, -0.1) is 0 Å². The number of nitrogens with zero attached hydrogens (tertiary/aromatic N) is 2. The zero-order chi connectivity index (χ0) is 8.97. The van der Waals surface area contributed by atoms with Crippen LogP contribution in [-0.2, 0) is 4.79 Å². The minimum Gasteiger partial charge on any atom is -0.477 e. The van der Waals surface area contributed by atoms with Gasteiger partial charge < -0.3 is 10.4 Å². The van der Waals surface area contributed by atoms with Gasteiger partial charge in [0.15, 0.2) is 0 Å². The maximum atomic E-state index is 10.3. The van der Waals surface area contributed by atoms with Crippen molar-refractivity contribution in [3.63, 3.8) is 0 Å². The fraction of sp³-hybridized carbons (Fsp3) is 0.500. The van der Waals surface area contributed by atoms with Gasteiger partial charge in [-0.2, -0.15) is 5.10 Å². The lowest BCUT2D eigenvalue weighted by atomic mass is 10.4. The highest BCUT2D eigenvalue weighted by molar-refractivity contribution is 6.34. The van der Waals surface area contributed by atoms with Crippen molar-refractivity contribution in [2.24, 2.45) is 10.1 Å². The summed E-state index contributed by atoms with van der Waals surface area (Å²) < 4.78 is 0. The average molecular weight is 170 g/mol. The molecule has 1 rings (SSSR count). The monoisotopic (exact) mass is 170 g/mol. The zero-order valence-corrected chi connectivity index (χ0v) is 6.66. The first kappa shape index (κ1) is 8.51. The maximum Gasteiger partial charge on any atom is 0.351 e. The number of carboxylic acid groups (broad SMARTS) is 1. The second-order valence-corrected chi connectivity index (χ2v) is 2.27. The Hall–Kier alpha value is -1.59. The van der Waals surface area contributed by atoms with Gasteiger partial charge in [-0.25, -0.2) is 15.2 Å².